The fourth-order valence-corrected chi connectivity index (χ4v) is 3.89. The Labute approximate surface area is 184 Å². The maximum atomic E-state index is 13.2. The molecule has 0 unspecified atom stereocenters. The van der Waals surface area contributed by atoms with E-state index < -0.39 is 23.9 Å². The highest BCUT2D eigenvalue weighted by Crippen LogP contribution is 2.44. The monoisotopic (exact) mass is 435 g/mol. The summed E-state index contributed by atoms with van der Waals surface area (Å²) in [6.45, 7) is 0.0794. The molecule has 2 N–H and O–H groups in total. The smallest absolute Gasteiger partial charge is 0.407 e. The molecule has 0 saturated carbocycles. The molecule has 1 amide bonds. The van der Waals surface area contributed by atoms with Crippen LogP contribution in [-0.2, 0) is 9.53 Å². The van der Waals surface area contributed by atoms with Gasteiger partial charge in [0.2, 0.25) is 0 Å². The topological polar surface area (TPSA) is 84.9 Å². The van der Waals surface area contributed by atoms with Crippen LogP contribution in [0.1, 0.15) is 23.5 Å². The predicted octanol–water partition coefficient (Wildman–Crippen LogP) is 4.59. The molecule has 0 fully saturated rings. The minimum absolute atomic E-state index is 0.00393. The second kappa shape index (κ2) is 9.51. The third-order valence-corrected chi connectivity index (χ3v) is 5.41. The Morgan fingerprint density at radius 1 is 0.969 bits per heavy atom. The molecule has 164 valence electrons. The van der Waals surface area contributed by atoms with Crippen molar-refractivity contribution in [2.45, 2.75) is 18.4 Å². The van der Waals surface area contributed by atoms with Gasteiger partial charge in [-0.25, -0.2) is 14.0 Å². The number of carbonyl (C=O) groups excluding carboxylic acids is 1. The lowest BCUT2D eigenvalue weighted by atomic mass is 9.98. The van der Waals surface area contributed by atoms with E-state index in [1.807, 2.05) is 48.5 Å². The van der Waals surface area contributed by atoms with Crippen LogP contribution in [0.5, 0.6) is 5.75 Å². The highest BCUT2D eigenvalue weighted by atomic mass is 19.1. The fourth-order valence-electron chi connectivity index (χ4n) is 3.89. The van der Waals surface area contributed by atoms with Crippen LogP contribution in [-0.4, -0.2) is 36.4 Å². The van der Waals surface area contributed by atoms with Gasteiger partial charge in [0.25, 0.3) is 0 Å². The molecule has 7 heteroatoms. The number of benzene rings is 3. The number of fused-ring (bicyclic) bond motifs is 3. The molecule has 1 aliphatic rings. The van der Waals surface area contributed by atoms with E-state index in [1.54, 1.807) is 6.07 Å². The third kappa shape index (κ3) is 4.72. The first-order valence-corrected chi connectivity index (χ1v) is 10.3. The average molecular weight is 435 g/mol. The number of hydrogen-bond donors (Lipinski definition) is 2. The highest BCUT2D eigenvalue weighted by Gasteiger charge is 2.29. The summed E-state index contributed by atoms with van der Waals surface area (Å²) in [6, 6.07) is 20.3. The number of alkyl carbamates (subject to hydrolysis) is 1. The second-order valence-corrected chi connectivity index (χ2v) is 7.46. The van der Waals surface area contributed by atoms with E-state index >= 15 is 0 Å². The Balaban J connectivity index is 1.34. The van der Waals surface area contributed by atoms with E-state index in [4.69, 9.17) is 9.47 Å². The Kier molecular flexibility index (Phi) is 6.35. The standard InChI is InChI=1S/C25H22FNO5/c26-16-6-5-7-17(14-16)31-13-12-23(24(28)29)27-25(30)32-15-22-20-10-3-1-8-18(20)19-9-2-4-11-21(19)22/h1-11,14,22-23H,12-13,15H2,(H,27,30)(H,28,29)/t23-/m0/s1. The molecule has 1 aliphatic carbocycles. The summed E-state index contributed by atoms with van der Waals surface area (Å²) in [5.74, 6) is -1.49. The maximum Gasteiger partial charge on any atom is 0.407 e. The summed E-state index contributed by atoms with van der Waals surface area (Å²) in [5, 5.41) is 11.8. The van der Waals surface area contributed by atoms with Crippen molar-refractivity contribution in [2.75, 3.05) is 13.2 Å². The van der Waals surface area contributed by atoms with Crippen LogP contribution in [0.25, 0.3) is 11.1 Å². The SMILES string of the molecule is O=C(N[C@@H](CCOc1cccc(F)c1)C(=O)O)OCC1c2ccccc2-c2ccccc21. The van der Waals surface area contributed by atoms with Crippen molar-refractivity contribution in [1.29, 1.82) is 0 Å². The summed E-state index contributed by atoms with van der Waals surface area (Å²) in [4.78, 5) is 23.9. The lowest BCUT2D eigenvalue weighted by molar-refractivity contribution is -0.139. The molecule has 0 aliphatic heterocycles. The summed E-state index contributed by atoms with van der Waals surface area (Å²) < 4.78 is 24.0. The van der Waals surface area contributed by atoms with Crippen LogP contribution in [0.3, 0.4) is 0 Å². The average Bonchev–Trinajstić information content (AvgIpc) is 3.11. The van der Waals surface area contributed by atoms with Gasteiger partial charge in [0.05, 0.1) is 6.61 Å². The van der Waals surface area contributed by atoms with Crippen LogP contribution in [0.2, 0.25) is 0 Å². The van der Waals surface area contributed by atoms with Crippen LogP contribution in [0.15, 0.2) is 72.8 Å². The van der Waals surface area contributed by atoms with Crippen molar-refractivity contribution < 1.29 is 28.6 Å². The van der Waals surface area contributed by atoms with Gasteiger partial charge in [0.15, 0.2) is 0 Å². The van der Waals surface area contributed by atoms with Crippen molar-refractivity contribution in [3.63, 3.8) is 0 Å². The molecule has 0 saturated heterocycles. The molecule has 1 atom stereocenters. The first kappa shape index (κ1) is 21.4. The molecule has 0 aromatic heterocycles. The normalized spacial score (nSPS) is 13.0. The largest absolute Gasteiger partial charge is 0.493 e. The molecule has 3 aromatic carbocycles. The first-order valence-electron chi connectivity index (χ1n) is 10.3. The molecule has 0 spiro atoms. The molecule has 3 aromatic rings. The minimum atomic E-state index is -1.21. The van der Waals surface area contributed by atoms with Gasteiger partial charge in [-0.15, -0.1) is 0 Å². The zero-order chi connectivity index (χ0) is 22.5. The molecule has 4 rings (SSSR count). The number of rotatable bonds is 8. The first-order chi connectivity index (χ1) is 15.5. The number of carboxylic acids is 1. The van der Waals surface area contributed by atoms with Gasteiger partial charge in [0, 0.05) is 18.4 Å². The second-order valence-electron chi connectivity index (χ2n) is 7.46. The van der Waals surface area contributed by atoms with Crippen molar-refractivity contribution in [1.82, 2.24) is 5.32 Å². The minimum Gasteiger partial charge on any atom is -0.493 e. The number of carbonyl (C=O) groups is 2. The third-order valence-electron chi connectivity index (χ3n) is 5.41. The Morgan fingerprint density at radius 2 is 1.62 bits per heavy atom. The van der Waals surface area contributed by atoms with Gasteiger partial charge in [-0.1, -0.05) is 54.6 Å². The van der Waals surface area contributed by atoms with Gasteiger partial charge in [0.1, 0.15) is 24.2 Å². The van der Waals surface area contributed by atoms with Crippen molar-refractivity contribution >= 4 is 12.1 Å². The van der Waals surface area contributed by atoms with Gasteiger partial charge in [-0.05, 0) is 34.4 Å². The van der Waals surface area contributed by atoms with E-state index in [2.05, 4.69) is 5.32 Å². The Hall–Kier alpha value is -3.87. The Morgan fingerprint density at radius 3 is 2.25 bits per heavy atom. The number of amides is 1. The van der Waals surface area contributed by atoms with Gasteiger partial charge in [-0.3, -0.25) is 0 Å². The van der Waals surface area contributed by atoms with E-state index in [-0.39, 0.29) is 31.3 Å². The van der Waals surface area contributed by atoms with E-state index in [0.29, 0.717) is 0 Å². The molecular weight excluding hydrogens is 413 g/mol. The van der Waals surface area contributed by atoms with Crippen molar-refractivity contribution in [2.24, 2.45) is 0 Å². The van der Waals surface area contributed by atoms with E-state index in [0.717, 1.165) is 22.3 Å². The van der Waals surface area contributed by atoms with Crippen LogP contribution >= 0.6 is 0 Å². The lowest BCUT2D eigenvalue weighted by Crippen LogP contribution is -2.42. The number of carboxylic acid groups (broad SMARTS) is 1. The van der Waals surface area contributed by atoms with Crippen molar-refractivity contribution in [3.05, 3.63) is 89.7 Å². The summed E-state index contributed by atoms with van der Waals surface area (Å²) in [6.07, 6.45) is -0.819. The zero-order valence-corrected chi connectivity index (χ0v) is 17.2. The molecule has 0 heterocycles. The number of ether oxygens (including phenoxy) is 2. The van der Waals surface area contributed by atoms with Crippen LogP contribution in [0.4, 0.5) is 9.18 Å². The number of nitrogens with one attached hydrogen (secondary N) is 1. The molecule has 0 bridgehead atoms. The van der Waals surface area contributed by atoms with E-state index in [1.165, 1.54) is 18.2 Å². The molecular formula is C25H22FNO5. The lowest BCUT2D eigenvalue weighted by Gasteiger charge is -2.17. The summed E-state index contributed by atoms with van der Waals surface area (Å²) >= 11 is 0. The number of hydrogen-bond acceptors (Lipinski definition) is 4. The fraction of sp³-hybridized carbons (Fsp3) is 0.200. The van der Waals surface area contributed by atoms with Gasteiger partial charge >= 0.3 is 12.1 Å². The van der Waals surface area contributed by atoms with E-state index in [9.17, 15) is 19.1 Å². The summed E-state index contributed by atoms with van der Waals surface area (Å²) in [7, 11) is 0. The molecule has 6 nitrogen and oxygen atoms in total. The molecule has 32 heavy (non-hydrogen) atoms. The van der Waals surface area contributed by atoms with Gasteiger partial charge < -0.3 is 19.9 Å². The highest BCUT2D eigenvalue weighted by molar-refractivity contribution is 5.81. The maximum absolute atomic E-state index is 13.2. The quantitative estimate of drug-likeness (QED) is 0.541. The number of aliphatic carboxylic acids is 1. The van der Waals surface area contributed by atoms with Crippen molar-refractivity contribution in [3.8, 4) is 16.9 Å². The van der Waals surface area contributed by atoms with Crippen LogP contribution in [0, 0.1) is 5.82 Å². The molecule has 0 radical (unpaired) electrons. The van der Waals surface area contributed by atoms with Crippen LogP contribution < -0.4 is 10.1 Å². The Bertz CT molecular complexity index is 1090. The summed E-state index contributed by atoms with van der Waals surface area (Å²) in [5.41, 5.74) is 4.35. The van der Waals surface area contributed by atoms with Gasteiger partial charge in [-0.2, -0.15) is 0 Å². The predicted molar refractivity (Wildman–Crippen MR) is 116 cm³/mol. The zero-order valence-electron chi connectivity index (χ0n) is 17.2. The number of halogens is 1.